The number of nitrogens with zero attached hydrogens (tertiary/aromatic N) is 1. The van der Waals surface area contributed by atoms with E-state index in [0.29, 0.717) is 24.4 Å². The third-order valence-electron chi connectivity index (χ3n) is 4.91. The van der Waals surface area contributed by atoms with Crippen LogP contribution in [0.1, 0.15) is 25.8 Å². The van der Waals surface area contributed by atoms with E-state index in [1.54, 1.807) is 19.2 Å². The summed E-state index contributed by atoms with van der Waals surface area (Å²) in [6.45, 7) is 4.58. The number of rotatable bonds is 7. The average Bonchev–Trinajstić information content (AvgIpc) is 3.47. The van der Waals surface area contributed by atoms with Gasteiger partial charge in [0, 0.05) is 12.6 Å². The molecule has 0 aromatic heterocycles. The zero-order valence-corrected chi connectivity index (χ0v) is 16.0. The molecule has 3 rings (SSSR count). The van der Waals surface area contributed by atoms with E-state index >= 15 is 0 Å². The van der Waals surface area contributed by atoms with Crippen molar-refractivity contribution in [3.63, 3.8) is 0 Å². The Bertz CT molecular complexity index is 804. The zero-order valence-electron chi connectivity index (χ0n) is 16.0. The van der Waals surface area contributed by atoms with Gasteiger partial charge in [0.25, 0.3) is 0 Å². The van der Waals surface area contributed by atoms with Crippen molar-refractivity contribution in [2.75, 3.05) is 12.4 Å². The van der Waals surface area contributed by atoms with E-state index < -0.39 is 0 Å². The summed E-state index contributed by atoms with van der Waals surface area (Å²) >= 11 is 0. The number of methoxy groups -OCH3 is 1. The molecule has 2 aromatic carbocycles. The van der Waals surface area contributed by atoms with Gasteiger partial charge in [-0.25, -0.2) is 0 Å². The van der Waals surface area contributed by atoms with Crippen molar-refractivity contribution in [1.29, 1.82) is 0 Å². The molecule has 2 aromatic rings. The summed E-state index contributed by atoms with van der Waals surface area (Å²) in [4.78, 5) is 27.4. The highest BCUT2D eigenvalue weighted by Gasteiger charge is 2.49. The molecule has 5 heteroatoms. The second-order valence-corrected chi connectivity index (χ2v) is 7.18. The number of ether oxygens (including phenoxy) is 1. The van der Waals surface area contributed by atoms with Crippen LogP contribution in [0.15, 0.2) is 54.6 Å². The Morgan fingerprint density at radius 3 is 2.41 bits per heavy atom. The number of para-hydroxylation sites is 2. The van der Waals surface area contributed by atoms with E-state index in [1.165, 1.54) is 0 Å². The molecule has 0 heterocycles. The molecule has 5 nitrogen and oxygen atoms in total. The van der Waals surface area contributed by atoms with Crippen LogP contribution in [-0.2, 0) is 16.1 Å². The Hall–Kier alpha value is -2.82. The molecular formula is C22H26N2O3. The summed E-state index contributed by atoms with van der Waals surface area (Å²) in [7, 11) is 1.57. The summed E-state index contributed by atoms with van der Waals surface area (Å²) in [5.41, 5.74) is 1.73. The minimum absolute atomic E-state index is 0.0500. The first-order valence-corrected chi connectivity index (χ1v) is 9.29. The van der Waals surface area contributed by atoms with Gasteiger partial charge in [0.15, 0.2) is 0 Å². The lowest BCUT2D eigenvalue weighted by molar-refractivity contribution is -0.136. The van der Waals surface area contributed by atoms with Gasteiger partial charge < -0.3 is 15.0 Å². The molecule has 27 heavy (non-hydrogen) atoms. The van der Waals surface area contributed by atoms with E-state index in [0.717, 1.165) is 5.56 Å². The van der Waals surface area contributed by atoms with E-state index in [-0.39, 0.29) is 29.7 Å². The fraction of sp³-hybridized carbons (Fsp3) is 0.364. The predicted octanol–water partition coefficient (Wildman–Crippen LogP) is 3.71. The highest BCUT2D eigenvalue weighted by atomic mass is 16.5. The van der Waals surface area contributed by atoms with Gasteiger partial charge in [0.2, 0.25) is 11.8 Å². The van der Waals surface area contributed by atoms with Crippen molar-refractivity contribution >= 4 is 17.5 Å². The lowest BCUT2D eigenvalue weighted by Gasteiger charge is -2.27. The molecule has 0 spiro atoms. The van der Waals surface area contributed by atoms with Gasteiger partial charge in [-0.3, -0.25) is 9.59 Å². The molecule has 2 amide bonds. The fourth-order valence-electron chi connectivity index (χ4n) is 3.24. The van der Waals surface area contributed by atoms with Gasteiger partial charge in [-0.1, -0.05) is 42.5 Å². The maximum Gasteiger partial charge on any atom is 0.228 e. The van der Waals surface area contributed by atoms with Gasteiger partial charge >= 0.3 is 0 Å². The summed E-state index contributed by atoms with van der Waals surface area (Å²) in [5, 5.41) is 2.89. The lowest BCUT2D eigenvalue weighted by Crippen LogP contribution is -2.38. The smallest absolute Gasteiger partial charge is 0.228 e. The summed E-state index contributed by atoms with van der Waals surface area (Å²) in [6.07, 6.45) is 0.595. The van der Waals surface area contributed by atoms with E-state index in [4.69, 9.17) is 4.74 Å². The third kappa shape index (κ3) is 4.48. The molecule has 142 valence electrons. The molecule has 2 unspecified atom stereocenters. The van der Waals surface area contributed by atoms with Crippen LogP contribution < -0.4 is 10.1 Å². The molecule has 0 saturated heterocycles. The molecule has 0 radical (unpaired) electrons. The third-order valence-corrected chi connectivity index (χ3v) is 4.91. The highest BCUT2D eigenvalue weighted by molar-refractivity contribution is 6.00. The molecule has 2 atom stereocenters. The lowest BCUT2D eigenvalue weighted by atomic mass is 10.1. The van der Waals surface area contributed by atoms with Crippen LogP contribution >= 0.6 is 0 Å². The van der Waals surface area contributed by atoms with Gasteiger partial charge in [-0.05, 0) is 38.0 Å². The normalized spacial score (nSPS) is 18.1. The Morgan fingerprint density at radius 2 is 1.74 bits per heavy atom. The highest BCUT2D eigenvalue weighted by Crippen LogP contribution is 2.42. The SMILES string of the molecule is COc1ccccc1NC(=O)C1CC1C(=O)N(Cc1ccccc1)C(C)C. The Morgan fingerprint density at radius 1 is 1.07 bits per heavy atom. The fourth-order valence-corrected chi connectivity index (χ4v) is 3.24. The van der Waals surface area contributed by atoms with Crippen LogP contribution in [-0.4, -0.2) is 29.9 Å². The Labute approximate surface area is 160 Å². The monoisotopic (exact) mass is 366 g/mol. The standard InChI is InChI=1S/C22H26N2O3/c1-15(2)24(14-16-9-5-4-6-10-16)22(26)18-13-17(18)21(25)23-19-11-7-8-12-20(19)27-3/h4-12,15,17-18H,13-14H2,1-3H3,(H,23,25). The molecule has 0 aliphatic heterocycles. The quantitative estimate of drug-likeness (QED) is 0.813. The van der Waals surface area contributed by atoms with E-state index in [9.17, 15) is 9.59 Å². The van der Waals surface area contributed by atoms with Crippen LogP contribution in [0.2, 0.25) is 0 Å². The number of hydrogen-bond donors (Lipinski definition) is 1. The Kier molecular flexibility index (Phi) is 5.79. The summed E-state index contributed by atoms with van der Waals surface area (Å²) in [6, 6.07) is 17.3. The maximum absolute atomic E-state index is 13.0. The van der Waals surface area contributed by atoms with Crippen molar-refractivity contribution in [3.05, 3.63) is 60.2 Å². The zero-order chi connectivity index (χ0) is 19.4. The van der Waals surface area contributed by atoms with Gasteiger partial charge in [-0.2, -0.15) is 0 Å². The summed E-state index contributed by atoms with van der Waals surface area (Å²) in [5.74, 6) is 0.0165. The second-order valence-electron chi connectivity index (χ2n) is 7.18. The van der Waals surface area contributed by atoms with Crippen molar-refractivity contribution in [2.45, 2.75) is 32.9 Å². The molecular weight excluding hydrogens is 340 g/mol. The number of nitrogens with one attached hydrogen (secondary N) is 1. The van der Waals surface area contributed by atoms with Crippen LogP contribution in [0.25, 0.3) is 0 Å². The predicted molar refractivity (Wildman–Crippen MR) is 105 cm³/mol. The first-order chi connectivity index (χ1) is 13.0. The maximum atomic E-state index is 13.0. The molecule has 1 aliphatic rings. The second kappa shape index (κ2) is 8.25. The number of amides is 2. The largest absolute Gasteiger partial charge is 0.495 e. The molecule has 0 bridgehead atoms. The first-order valence-electron chi connectivity index (χ1n) is 9.29. The molecule has 1 fully saturated rings. The van der Waals surface area contributed by atoms with Gasteiger partial charge in [-0.15, -0.1) is 0 Å². The number of hydrogen-bond acceptors (Lipinski definition) is 3. The molecule has 1 aliphatic carbocycles. The van der Waals surface area contributed by atoms with Crippen molar-refractivity contribution in [2.24, 2.45) is 11.8 Å². The van der Waals surface area contributed by atoms with Crippen molar-refractivity contribution in [3.8, 4) is 5.75 Å². The van der Waals surface area contributed by atoms with Gasteiger partial charge in [0.05, 0.1) is 24.6 Å². The van der Waals surface area contributed by atoms with E-state index in [2.05, 4.69) is 5.32 Å². The topological polar surface area (TPSA) is 58.6 Å². The van der Waals surface area contributed by atoms with E-state index in [1.807, 2.05) is 61.2 Å². The minimum Gasteiger partial charge on any atom is -0.495 e. The first kappa shape index (κ1) is 19.0. The summed E-state index contributed by atoms with van der Waals surface area (Å²) < 4.78 is 5.27. The van der Waals surface area contributed by atoms with Crippen LogP contribution in [0, 0.1) is 11.8 Å². The average molecular weight is 366 g/mol. The number of anilines is 1. The van der Waals surface area contributed by atoms with Crippen LogP contribution in [0.4, 0.5) is 5.69 Å². The van der Waals surface area contributed by atoms with Crippen molar-refractivity contribution < 1.29 is 14.3 Å². The number of carbonyl (C=O) groups is 2. The number of benzene rings is 2. The van der Waals surface area contributed by atoms with Crippen LogP contribution in [0.3, 0.4) is 0 Å². The van der Waals surface area contributed by atoms with Crippen LogP contribution in [0.5, 0.6) is 5.75 Å². The molecule has 1 saturated carbocycles. The minimum atomic E-state index is -0.278. The van der Waals surface area contributed by atoms with Gasteiger partial charge in [0.1, 0.15) is 5.75 Å². The number of carbonyl (C=O) groups excluding carboxylic acids is 2. The Balaban J connectivity index is 1.63. The van der Waals surface area contributed by atoms with Crippen molar-refractivity contribution in [1.82, 2.24) is 4.90 Å². The molecule has 1 N–H and O–H groups in total.